The Morgan fingerprint density at radius 2 is 2.50 bits per heavy atom. The summed E-state index contributed by atoms with van der Waals surface area (Å²) >= 11 is 0. The van der Waals surface area contributed by atoms with Crippen LogP contribution in [-0.4, -0.2) is 34.8 Å². The maximum absolute atomic E-state index is 4.23. The van der Waals surface area contributed by atoms with Gasteiger partial charge in [-0.3, -0.25) is 5.32 Å². The van der Waals surface area contributed by atoms with Crippen molar-refractivity contribution in [1.29, 1.82) is 0 Å². The van der Waals surface area contributed by atoms with Gasteiger partial charge in [-0.2, -0.15) is 9.90 Å². The third-order valence-corrected chi connectivity index (χ3v) is 2.00. The van der Waals surface area contributed by atoms with Crippen molar-refractivity contribution in [3.8, 4) is 0 Å². The fraction of sp³-hybridized carbons (Fsp3) is 0.714. The van der Waals surface area contributed by atoms with E-state index in [0.717, 1.165) is 25.6 Å². The second-order valence-corrected chi connectivity index (χ2v) is 2.97. The molecule has 2 heterocycles. The molecule has 1 aliphatic rings. The van der Waals surface area contributed by atoms with Crippen LogP contribution in [0.1, 0.15) is 6.42 Å². The summed E-state index contributed by atoms with van der Waals surface area (Å²) in [5.41, 5.74) is 0. The van der Waals surface area contributed by atoms with Crippen LogP contribution in [0.2, 0.25) is 0 Å². The van der Waals surface area contributed by atoms with Gasteiger partial charge in [0.1, 0.15) is 0 Å². The highest BCUT2D eigenvalue weighted by Crippen LogP contribution is 2.08. The molecule has 0 unspecified atom stereocenters. The van der Waals surface area contributed by atoms with Gasteiger partial charge in [0, 0.05) is 13.6 Å². The van der Waals surface area contributed by atoms with Gasteiger partial charge in [-0.15, -0.1) is 5.10 Å². The van der Waals surface area contributed by atoms with Crippen molar-refractivity contribution >= 4 is 5.82 Å². The fourth-order valence-electron chi connectivity index (χ4n) is 1.36. The summed E-state index contributed by atoms with van der Waals surface area (Å²) in [6, 6.07) is 0. The molecule has 5 nitrogen and oxygen atoms in total. The summed E-state index contributed by atoms with van der Waals surface area (Å²) in [6.45, 7) is 3.07. The standard InChI is InChI=1S/C7H13N5/c1-11-9-5-7(10-11)12-4-2-3-8-6-12/h5,8H,2-4,6H2,1H3. The number of rotatable bonds is 1. The minimum atomic E-state index is 0.888. The normalized spacial score (nSPS) is 18.2. The molecule has 2 rings (SSSR count). The van der Waals surface area contributed by atoms with Crippen molar-refractivity contribution < 1.29 is 0 Å². The summed E-state index contributed by atoms with van der Waals surface area (Å²) in [4.78, 5) is 3.78. The van der Waals surface area contributed by atoms with E-state index in [1.54, 1.807) is 11.0 Å². The zero-order valence-corrected chi connectivity index (χ0v) is 7.19. The number of hydrogen-bond acceptors (Lipinski definition) is 4. The molecule has 1 N–H and O–H groups in total. The van der Waals surface area contributed by atoms with E-state index in [4.69, 9.17) is 0 Å². The molecule has 12 heavy (non-hydrogen) atoms. The fourth-order valence-corrected chi connectivity index (χ4v) is 1.36. The van der Waals surface area contributed by atoms with Crippen LogP contribution in [0.4, 0.5) is 5.82 Å². The van der Waals surface area contributed by atoms with E-state index in [1.807, 2.05) is 7.05 Å². The molecule has 0 saturated carbocycles. The van der Waals surface area contributed by atoms with Gasteiger partial charge in [0.05, 0.1) is 12.9 Å². The third-order valence-electron chi connectivity index (χ3n) is 2.00. The molecule has 0 bridgehead atoms. The molecular weight excluding hydrogens is 154 g/mol. The van der Waals surface area contributed by atoms with Gasteiger partial charge < -0.3 is 4.90 Å². The molecule has 66 valence electrons. The first-order valence-electron chi connectivity index (χ1n) is 4.18. The smallest absolute Gasteiger partial charge is 0.172 e. The van der Waals surface area contributed by atoms with Gasteiger partial charge in [-0.1, -0.05) is 0 Å². The Morgan fingerprint density at radius 1 is 1.58 bits per heavy atom. The quantitative estimate of drug-likeness (QED) is 0.616. The summed E-state index contributed by atoms with van der Waals surface area (Å²) in [5, 5.41) is 11.5. The van der Waals surface area contributed by atoms with Crippen molar-refractivity contribution in [3.63, 3.8) is 0 Å². The Labute approximate surface area is 71.4 Å². The highest BCUT2D eigenvalue weighted by atomic mass is 15.5. The SMILES string of the molecule is Cn1ncc(N2CCCNC2)n1. The van der Waals surface area contributed by atoms with Crippen molar-refractivity contribution in [2.24, 2.45) is 7.05 Å². The Morgan fingerprint density at radius 3 is 3.08 bits per heavy atom. The minimum Gasteiger partial charge on any atom is -0.341 e. The highest BCUT2D eigenvalue weighted by molar-refractivity contribution is 5.34. The number of anilines is 1. The Hall–Kier alpha value is -1.10. The molecule has 0 atom stereocenters. The molecule has 5 heteroatoms. The molecule has 1 aromatic heterocycles. The molecule has 1 saturated heterocycles. The minimum absolute atomic E-state index is 0.888. The molecule has 0 spiro atoms. The molecule has 0 aliphatic carbocycles. The lowest BCUT2D eigenvalue weighted by Crippen LogP contribution is -2.41. The summed E-state index contributed by atoms with van der Waals surface area (Å²) in [5.74, 6) is 0.963. The van der Waals surface area contributed by atoms with Crippen LogP contribution in [-0.2, 0) is 7.05 Å². The van der Waals surface area contributed by atoms with E-state index < -0.39 is 0 Å². The molecule has 0 radical (unpaired) electrons. The summed E-state index contributed by atoms with van der Waals surface area (Å²) in [7, 11) is 1.83. The number of hydrogen-bond donors (Lipinski definition) is 1. The van der Waals surface area contributed by atoms with E-state index in [0.29, 0.717) is 0 Å². The van der Waals surface area contributed by atoms with Crippen molar-refractivity contribution in [3.05, 3.63) is 6.20 Å². The summed E-state index contributed by atoms with van der Waals surface area (Å²) in [6.07, 6.45) is 2.98. The topological polar surface area (TPSA) is 46.0 Å². The molecule has 1 aromatic rings. The zero-order chi connectivity index (χ0) is 8.39. The maximum atomic E-state index is 4.23. The van der Waals surface area contributed by atoms with E-state index >= 15 is 0 Å². The van der Waals surface area contributed by atoms with E-state index in [-0.39, 0.29) is 0 Å². The van der Waals surface area contributed by atoms with Crippen molar-refractivity contribution in [2.45, 2.75) is 6.42 Å². The number of aromatic nitrogens is 3. The van der Waals surface area contributed by atoms with Crippen LogP contribution in [0.3, 0.4) is 0 Å². The van der Waals surface area contributed by atoms with Crippen LogP contribution in [0.5, 0.6) is 0 Å². The van der Waals surface area contributed by atoms with E-state index in [9.17, 15) is 0 Å². The Balaban J connectivity index is 2.08. The van der Waals surface area contributed by atoms with Gasteiger partial charge in [-0.05, 0) is 13.0 Å². The van der Waals surface area contributed by atoms with E-state index in [2.05, 4.69) is 20.4 Å². The van der Waals surface area contributed by atoms with Crippen LogP contribution in [0.15, 0.2) is 6.20 Å². The van der Waals surface area contributed by atoms with Gasteiger partial charge in [-0.25, -0.2) is 0 Å². The van der Waals surface area contributed by atoms with Gasteiger partial charge in [0.15, 0.2) is 5.82 Å². The largest absolute Gasteiger partial charge is 0.341 e. The highest BCUT2D eigenvalue weighted by Gasteiger charge is 2.12. The molecule has 0 amide bonds. The van der Waals surface area contributed by atoms with Crippen LogP contribution < -0.4 is 10.2 Å². The Bertz CT molecular complexity index is 250. The Kier molecular flexibility index (Phi) is 1.95. The zero-order valence-electron chi connectivity index (χ0n) is 7.19. The van der Waals surface area contributed by atoms with Crippen molar-refractivity contribution in [1.82, 2.24) is 20.3 Å². The third kappa shape index (κ3) is 1.40. The van der Waals surface area contributed by atoms with Crippen LogP contribution in [0, 0.1) is 0 Å². The first-order valence-corrected chi connectivity index (χ1v) is 4.18. The number of aryl methyl sites for hydroxylation is 1. The first kappa shape index (κ1) is 7.54. The molecular formula is C7H13N5. The lowest BCUT2D eigenvalue weighted by atomic mass is 10.3. The predicted molar refractivity (Wildman–Crippen MR) is 45.8 cm³/mol. The van der Waals surface area contributed by atoms with Gasteiger partial charge in [0.2, 0.25) is 0 Å². The maximum Gasteiger partial charge on any atom is 0.172 e. The van der Waals surface area contributed by atoms with Gasteiger partial charge in [0.25, 0.3) is 0 Å². The number of nitrogens with zero attached hydrogens (tertiary/aromatic N) is 4. The number of nitrogens with one attached hydrogen (secondary N) is 1. The van der Waals surface area contributed by atoms with Crippen molar-refractivity contribution in [2.75, 3.05) is 24.7 Å². The molecule has 1 aliphatic heterocycles. The van der Waals surface area contributed by atoms with Crippen LogP contribution >= 0.6 is 0 Å². The monoisotopic (exact) mass is 167 g/mol. The average Bonchev–Trinajstić information content (AvgIpc) is 2.54. The lowest BCUT2D eigenvalue weighted by molar-refractivity contribution is 0.544. The summed E-state index contributed by atoms with van der Waals surface area (Å²) < 4.78 is 0. The second kappa shape index (κ2) is 3.10. The van der Waals surface area contributed by atoms with Crippen LogP contribution in [0.25, 0.3) is 0 Å². The van der Waals surface area contributed by atoms with E-state index in [1.165, 1.54) is 6.42 Å². The molecule has 1 fully saturated rings. The first-order chi connectivity index (χ1) is 5.86. The average molecular weight is 167 g/mol. The van der Waals surface area contributed by atoms with Gasteiger partial charge >= 0.3 is 0 Å². The lowest BCUT2D eigenvalue weighted by Gasteiger charge is -2.26. The second-order valence-electron chi connectivity index (χ2n) is 2.97. The molecule has 0 aromatic carbocycles. The predicted octanol–water partition coefficient (Wildman–Crippen LogP) is -0.428.